The van der Waals surface area contributed by atoms with Crippen LogP contribution < -0.4 is 15.5 Å². The number of carbonyl (C=O) groups is 2. The molecule has 0 radical (unpaired) electrons. The molecule has 246 valence electrons. The van der Waals surface area contributed by atoms with Gasteiger partial charge in [-0.05, 0) is 50.5 Å². The van der Waals surface area contributed by atoms with Gasteiger partial charge in [-0.25, -0.2) is 13.9 Å². The van der Waals surface area contributed by atoms with Crippen LogP contribution in [0.3, 0.4) is 0 Å². The van der Waals surface area contributed by atoms with Crippen LogP contribution in [0.25, 0.3) is 5.65 Å². The molecule has 2 amide bonds. The lowest BCUT2D eigenvalue weighted by Gasteiger charge is -2.43. The standard InChI is InChI=1S/C34H45FN8O3/c1-21-16-41(27(15-36-21)17-40-11-12-46-19-22(40)2)18-29(44)42-20-34(3,4)30-28(42)14-24(13-23-5-7-25(35)8-6-23)32-38-31(39-43(30)32)33(45)37-26-9-10-26/h5-8,14,21-22,26-27,36H,9-13,15-20H2,1-4H3,(H,37,45)/t21-,22-,27-/m1/s1. The van der Waals surface area contributed by atoms with E-state index >= 15 is 0 Å². The van der Waals surface area contributed by atoms with Gasteiger partial charge in [0.15, 0.2) is 5.65 Å². The number of piperazine rings is 1. The molecule has 3 fully saturated rings. The number of pyridine rings is 1. The van der Waals surface area contributed by atoms with Crippen molar-refractivity contribution in [2.24, 2.45) is 0 Å². The summed E-state index contributed by atoms with van der Waals surface area (Å²) < 4.78 is 21.2. The van der Waals surface area contributed by atoms with Gasteiger partial charge in [0, 0.05) is 74.3 Å². The molecule has 3 aromatic rings. The Balaban J connectivity index is 1.22. The Morgan fingerprint density at radius 1 is 1.15 bits per heavy atom. The fourth-order valence-corrected chi connectivity index (χ4v) is 7.19. The van der Waals surface area contributed by atoms with Crippen LogP contribution in [-0.2, 0) is 21.4 Å². The summed E-state index contributed by atoms with van der Waals surface area (Å²) in [6.07, 6.45) is 2.39. The number of hydrogen-bond donors (Lipinski definition) is 2. The van der Waals surface area contributed by atoms with Crippen LogP contribution in [0.5, 0.6) is 0 Å². The van der Waals surface area contributed by atoms with E-state index in [9.17, 15) is 14.0 Å². The van der Waals surface area contributed by atoms with Crippen molar-refractivity contribution in [3.8, 4) is 0 Å². The zero-order chi connectivity index (χ0) is 32.2. The molecular formula is C34H45FN8O3. The molecule has 0 bridgehead atoms. The number of nitrogens with zero attached hydrogens (tertiary/aromatic N) is 6. The normalized spacial score (nSPS) is 25.2. The van der Waals surface area contributed by atoms with Gasteiger partial charge in [0.25, 0.3) is 5.91 Å². The highest BCUT2D eigenvalue weighted by molar-refractivity contribution is 5.98. The lowest BCUT2D eigenvalue weighted by atomic mass is 9.90. The summed E-state index contributed by atoms with van der Waals surface area (Å²) in [5.74, 6) is -0.424. The Morgan fingerprint density at radius 2 is 1.93 bits per heavy atom. The van der Waals surface area contributed by atoms with Crippen LogP contribution in [0.4, 0.5) is 10.1 Å². The van der Waals surface area contributed by atoms with Gasteiger partial charge in [0.2, 0.25) is 11.7 Å². The highest BCUT2D eigenvalue weighted by atomic mass is 19.1. The Morgan fingerprint density at radius 3 is 2.67 bits per heavy atom. The van der Waals surface area contributed by atoms with Gasteiger partial charge in [-0.15, -0.1) is 5.10 Å². The summed E-state index contributed by atoms with van der Waals surface area (Å²) in [7, 11) is 0. The van der Waals surface area contributed by atoms with Gasteiger partial charge < -0.3 is 20.3 Å². The molecule has 2 N–H and O–H groups in total. The summed E-state index contributed by atoms with van der Waals surface area (Å²) in [5.41, 5.74) is 3.54. The monoisotopic (exact) mass is 632 g/mol. The van der Waals surface area contributed by atoms with Crippen LogP contribution in [0, 0.1) is 5.82 Å². The largest absolute Gasteiger partial charge is 0.379 e. The molecule has 2 saturated heterocycles. The molecule has 1 saturated carbocycles. The zero-order valence-electron chi connectivity index (χ0n) is 27.3. The van der Waals surface area contributed by atoms with Crippen molar-refractivity contribution in [2.45, 2.75) is 76.5 Å². The predicted octanol–water partition coefficient (Wildman–Crippen LogP) is 2.36. The molecule has 12 heteroatoms. The Kier molecular flexibility index (Phi) is 8.33. The molecular weight excluding hydrogens is 587 g/mol. The fraction of sp³-hybridized carbons (Fsp3) is 0.588. The second-order valence-electron chi connectivity index (χ2n) is 14.3. The first-order chi connectivity index (χ1) is 22.1. The molecule has 1 aromatic carbocycles. The molecule has 3 aliphatic heterocycles. The van der Waals surface area contributed by atoms with Crippen molar-refractivity contribution < 1.29 is 18.7 Å². The van der Waals surface area contributed by atoms with Gasteiger partial charge in [0.1, 0.15) is 5.82 Å². The zero-order valence-corrected chi connectivity index (χ0v) is 27.3. The fourth-order valence-electron chi connectivity index (χ4n) is 7.19. The van der Waals surface area contributed by atoms with Gasteiger partial charge in [-0.3, -0.25) is 19.4 Å². The Bertz CT molecular complexity index is 1620. The minimum absolute atomic E-state index is 0.0415. The minimum Gasteiger partial charge on any atom is -0.379 e. The van der Waals surface area contributed by atoms with Crippen molar-refractivity contribution in [2.75, 3.05) is 57.4 Å². The molecule has 2 aromatic heterocycles. The second kappa shape index (κ2) is 12.3. The van der Waals surface area contributed by atoms with Crippen molar-refractivity contribution in [1.29, 1.82) is 0 Å². The molecule has 1 aliphatic carbocycles. The highest BCUT2D eigenvalue weighted by Gasteiger charge is 2.43. The van der Waals surface area contributed by atoms with E-state index in [0.717, 1.165) is 74.7 Å². The van der Waals surface area contributed by atoms with Gasteiger partial charge in [-0.1, -0.05) is 26.0 Å². The third-order valence-electron chi connectivity index (χ3n) is 9.89. The number of amides is 2. The predicted molar refractivity (Wildman–Crippen MR) is 173 cm³/mol. The lowest BCUT2D eigenvalue weighted by Crippen LogP contribution is -2.62. The third kappa shape index (κ3) is 6.27. The maximum atomic E-state index is 14.3. The van der Waals surface area contributed by atoms with Gasteiger partial charge >= 0.3 is 0 Å². The molecule has 0 unspecified atom stereocenters. The van der Waals surface area contributed by atoms with Crippen molar-refractivity contribution in [3.63, 3.8) is 0 Å². The van der Waals surface area contributed by atoms with E-state index in [1.54, 1.807) is 16.6 Å². The summed E-state index contributed by atoms with van der Waals surface area (Å²) in [6.45, 7) is 14.3. The average Bonchev–Trinajstić information content (AvgIpc) is 3.64. The van der Waals surface area contributed by atoms with Crippen molar-refractivity contribution in [1.82, 2.24) is 35.0 Å². The summed E-state index contributed by atoms with van der Waals surface area (Å²) in [6, 6.07) is 9.44. The maximum Gasteiger partial charge on any atom is 0.291 e. The van der Waals surface area contributed by atoms with Crippen molar-refractivity contribution in [3.05, 3.63) is 58.8 Å². The second-order valence-corrected chi connectivity index (χ2v) is 14.3. The Hall–Kier alpha value is -3.45. The molecule has 11 nitrogen and oxygen atoms in total. The summed E-state index contributed by atoms with van der Waals surface area (Å²) in [5, 5.41) is 11.4. The van der Waals surface area contributed by atoms with Gasteiger partial charge in [0.05, 0.1) is 31.1 Å². The topological polar surface area (TPSA) is 107 Å². The summed E-state index contributed by atoms with van der Waals surface area (Å²) >= 11 is 0. The molecule has 3 atom stereocenters. The number of ether oxygens (including phenoxy) is 1. The molecule has 4 aliphatic rings. The van der Waals surface area contributed by atoms with E-state index in [0.29, 0.717) is 31.2 Å². The minimum atomic E-state index is -0.436. The van der Waals surface area contributed by atoms with Crippen molar-refractivity contribution >= 4 is 23.1 Å². The first-order valence-corrected chi connectivity index (χ1v) is 16.6. The van der Waals surface area contributed by atoms with E-state index < -0.39 is 5.41 Å². The number of anilines is 1. The van der Waals surface area contributed by atoms with Crippen LogP contribution in [0.1, 0.15) is 68.0 Å². The van der Waals surface area contributed by atoms with E-state index in [1.165, 1.54) is 12.1 Å². The number of carbonyl (C=O) groups excluding carboxylic acids is 2. The SMILES string of the molecule is C[C@@H]1CN(CC(=O)N2CC(C)(C)c3c2cc(Cc2ccc(F)cc2)c2nc(C(=O)NC4CC4)nn32)[C@@H](CN2CCOC[C@H]2C)CN1. The maximum absolute atomic E-state index is 14.3. The number of nitrogens with one attached hydrogen (secondary N) is 2. The molecule has 7 rings (SSSR count). The number of morpholine rings is 1. The van der Waals surface area contributed by atoms with Gasteiger partial charge in [-0.2, -0.15) is 0 Å². The number of aromatic nitrogens is 3. The smallest absolute Gasteiger partial charge is 0.291 e. The lowest BCUT2D eigenvalue weighted by molar-refractivity contribution is -0.121. The van der Waals surface area contributed by atoms with Crippen LogP contribution >= 0.6 is 0 Å². The number of halogens is 1. The molecule has 46 heavy (non-hydrogen) atoms. The summed E-state index contributed by atoms with van der Waals surface area (Å²) in [4.78, 5) is 38.8. The first kappa shape index (κ1) is 31.2. The first-order valence-electron chi connectivity index (χ1n) is 16.6. The van der Waals surface area contributed by atoms with E-state index in [1.807, 2.05) is 11.0 Å². The van der Waals surface area contributed by atoms with E-state index in [-0.39, 0.29) is 41.6 Å². The van der Waals surface area contributed by atoms with Crippen LogP contribution in [-0.4, -0.2) is 113 Å². The van der Waals surface area contributed by atoms with E-state index in [4.69, 9.17) is 14.8 Å². The number of benzene rings is 1. The number of fused-ring (bicyclic) bond motifs is 3. The highest BCUT2D eigenvalue weighted by Crippen LogP contribution is 2.42. The van der Waals surface area contributed by atoms with Crippen LogP contribution in [0.15, 0.2) is 30.3 Å². The third-order valence-corrected chi connectivity index (χ3v) is 9.89. The van der Waals surface area contributed by atoms with E-state index in [2.05, 4.69) is 48.1 Å². The number of rotatable bonds is 8. The molecule has 5 heterocycles. The Labute approximate surface area is 269 Å². The average molecular weight is 633 g/mol. The quantitative estimate of drug-likeness (QED) is 0.390. The van der Waals surface area contributed by atoms with Crippen LogP contribution in [0.2, 0.25) is 0 Å². The number of hydrogen-bond acceptors (Lipinski definition) is 8. The molecule has 0 spiro atoms.